The summed E-state index contributed by atoms with van der Waals surface area (Å²) in [6.45, 7) is 3.50. The van der Waals surface area contributed by atoms with Gasteiger partial charge in [0, 0.05) is 19.6 Å². The average molecular weight is 398 g/mol. The molecule has 2 heterocycles. The second-order valence-electron chi connectivity index (χ2n) is 7.00. The maximum absolute atomic E-state index is 12.9. The SMILES string of the molecule is Fc1ccc(OCCN2CCC(Oc3ccc(-c4ccsc4)cc3)CC2)cc1. The molecule has 0 N–H and O–H groups in total. The van der Waals surface area contributed by atoms with Gasteiger partial charge in [-0.3, -0.25) is 4.90 Å². The fraction of sp³-hybridized carbons (Fsp3) is 0.304. The number of thiophene rings is 1. The van der Waals surface area contributed by atoms with E-state index in [2.05, 4.69) is 46.0 Å². The van der Waals surface area contributed by atoms with Gasteiger partial charge in [-0.1, -0.05) is 12.1 Å². The third-order valence-corrected chi connectivity index (χ3v) is 5.72. The first-order valence-electron chi connectivity index (χ1n) is 9.66. The zero-order chi connectivity index (χ0) is 19.2. The molecule has 0 amide bonds. The first-order chi connectivity index (χ1) is 13.8. The molecule has 0 aliphatic carbocycles. The minimum absolute atomic E-state index is 0.240. The second-order valence-corrected chi connectivity index (χ2v) is 7.78. The summed E-state index contributed by atoms with van der Waals surface area (Å²) in [7, 11) is 0. The van der Waals surface area contributed by atoms with E-state index in [4.69, 9.17) is 9.47 Å². The smallest absolute Gasteiger partial charge is 0.123 e. The Kier molecular flexibility index (Phi) is 6.24. The van der Waals surface area contributed by atoms with Gasteiger partial charge in [0.25, 0.3) is 0 Å². The van der Waals surface area contributed by atoms with E-state index in [1.165, 1.54) is 23.3 Å². The lowest BCUT2D eigenvalue weighted by Crippen LogP contribution is -2.40. The molecule has 28 heavy (non-hydrogen) atoms. The monoisotopic (exact) mass is 397 g/mol. The molecule has 1 aliphatic rings. The number of nitrogens with zero attached hydrogens (tertiary/aromatic N) is 1. The number of rotatable bonds is 7. The van der Waals surface area contributed by atoms with Gasteiger partial charge in [-0.05, 0) is 77.2 Å². The molecule has 0 saturated carbocycles. The van der Waals surface area contributed by atoms with Crippen molar-refractivity contribution in [3.05, 3.63) is 71.2 Å². The summed E-state index contributed by atoms with van der Waals surface area (Å²) < 4.78 is 24.8. The van der Waals surface area contributed by atoms with E-state index in [1.54, 1.807) is 23.5 Å². The minimum atomic E-state index is -0.240. The number of ether oxygens (including phenoxy) is 2. The van der Waals surface area contributed by atoms with Gasteiger partial charge in [-0.2, -0.15) is 11.3 Å². The highest BCUT2D eigenvalue weighted by Crippen LogP contribution is 2.26. The molecule has 146 valence electrons. The van der Waals surface area contributed by atoms with Crippen molar-refractivity contribution in [1.82, 2.24) is 4.90 Å². The molecular formula is C23H24FNO2S. The van der Waals surface area contributed by atoms with E-state index in [0.29, 0.717) is 12.4 Å². The maximum Gasteiger partial charge on any atom is 0.123 e. The van der Waals surface area contributed by atoms with Gasteiger partial charge in [0.05, 0.1) is 0 Å². The van der Waals surface area contributed by atoms with E-state index in [9.17, 15) is 4.39 Å². The number of likely N-dealkylation sites (tertiary alicyclic amines) is 1. The van der Waals surface area contributed by atoms with Gasteiger partial charge in [0.15, 0.2) is 0 Å². The Labute approximate surface area is 169 Å². The first-order valence-corrected chi connectivity index (χ1v) is 10.6. The quantitative estimate of drug-likeness (QED) is 0.527. The lowest BCUT2D eigenvalue weighted by molar-refractivity contribution is 0.0915. The standard InChI is InChI=1S/C23H24FNO2S/c24-20-3-7-21(8-4-20)26-15-14-25-12-9-23(10-13-25)27-22-5-1-18(2-6-22)19-11-16-28-17-19/h1-8,11,16-17,23H,9-10,12-15H2. The Balaban J connectivity index is 1.18. The molecule has 0 bridgehead atoms. The molecule has 1 fully saturated rings. The van der Waals surface area contributed by atoms with Gasteiger partial charge in [0.2, 0.25) is 0 Å². The number of halogens is 1. The molecular weight excluding hydrogens is 373 g/mol. The van der Waals surface area contributed by atoms with E-state index in [-0.39, 0.29) is 11.9 Å². The van der Waals surface area contributed by atoms with E-state index in [1.807, 2.05) is 0 Å². The van der Waals surface area contributed by atoms with Crippen molar-refractivity contribution >= 4 is 11.3 Å². The van der Waals surface area contributed by atoms with E-state index >= 15 is 0 Å². The van der Waals surface area contributed by atoms with Crippen LogP contribution in [0.1, 0.15) is 12.8 Å². The van der Waals surface area contributed by atoms with Crippen LogP contribution in [0.15, 0.2) is 65.4 Å². The Morgan fingerprint density at radius 3 is 2.29 bits per heavy atom. The van der Waals surface area contributed by atoms with Crippen LogP contribution in [0.5, 0.6) is 11.5 Å². The molecule has 1 saturated heterocycles. The topological polar surface area (TPSA) is 21.7 Å². The zero-order valence-electron chi connectivity index (χ0n) is 15.7. The van der Waals surface area contributed by atoms with Crippen molar-refractivity contribution in [3.63, 3.8) is 0 Å². The number of benzene rings is 2. The molecule has 2 aromatic carbocycles. The van der Waals surface area contributed by atoms with Crippen molar-refractivity contribution in [2.75, 3.05) is 26.2 Å². The van der Waals surface area contributed by atoms with E-state index in [0.717, 1.165) is 38.2 Å². The summed E-state index contributed by atoms with van der Waals surface area (Å²) in [5, 5.41) is 4.25. The van der Waals surface area contributed by atoms with Crippen LogP contribution in [0.4, 0.5) is 4.39 Å². The number of piperidine rings is 1. The van der Waals surface area contributed by atoms with Crippen LogP contribution >= 0.6 is 11.3 Å². The molecule has 1 aliphatic heterocycles. The average Bonchev–Trinajstić information content (AvgIpc) is 3.26. The zero-order valence-corrected chi connectivity index (χ0v) is 16.5. The molecule has 4 rings (SSSR count). The maximum atomic E-state index is 12.9. The fourth-order valence-corrected chi connectivity index (χ4v) is 4.09. The third-order valence-electron chi connectivity index (χ3n) is 5.04. The predicted molar refractivity (Wildman–Crippen MR) is 112 cm³/mol. The fourth-order valence-electron chi connectivity index (χ4n) is 3.42. The van der Waals surface area contributed by atoms with Crippen molar-refractivity contribution in [3.8, 4) is 22.6 Å². The first kappa shape index (κ1) is 19.0. The molecule has 0 radical (unpaired) electrons. The van der Waals surface area contributed by atoms with Crippen LogP contribution in [0.3, 0.4) is 0 Å². The number of hydrogen-bond acceptors (Lipinski definition) is 4. The molecule has 3 nitrogen and oxygen atoms in total. The summed E-state index contributed by atoms with van der Waals surface area (Å²) >= 11 is 1.71. The molecule has 3 aromatic rings. The second kappa shape index (κ2) is 9.22. The van der Waals surface area contributed by atoms with Crippen LogP contribution in [-0.4, -0.2) is 37.2 Å². The highest BCUT2D eigenvalue weighted by molar-refractivity contribution is 7.08. The molecule has 5 heteroatoms. The van der Waals surface area contributed by atoms with Crippen LogP contribution < -0.4 is 9.47 Å². The Hall–Kier alpha value is -2.37. The van der Waals surface area contributed by atoms with Crippen LogP contribution in [0, 0.1) is 5.82 Å². The van der Waals surface area contributed by atoms with Crippen LogP contribution in [-0.2, 0) is 0 Å². The minimum Gasteiger partial charge on any atom is -0.492 e. The third kappa shape index (κ3) is 5.12. The number of hydrogen-bond donors (Lipinski definition) is 0. The van der Waals surface area contributed by atoms with Crippen molar-refractivity contribution in [1.29, 1.82) is 0 Å². The van der Waals surface area contributed by atoms with Gasteiger partial charge in [-0.15, -0.1) is 0 Å². The summed E-state index contributed by atoms with van der Waals surface area (Å²) in [5.41, 5.74) is 2.48. The predicted octanol–water partition coefficient (Wildman–Crippen LogP) is 5.48. The summed E-state index contributed by atoms with van der Waals surface area (Å²) in [6.07, 6.45) is 2.30. The van der Waals surface area contributed by atoms with E-state index < -0.39 is 0 Å². The highest BCUT2D eigenvalue weighted by atomic mass is 32.1. The Bertz CT molecular complexity index is 841. The summed E-state index contributed by atoms with van der Waals surface area (Å²) in [5.74, 6) is 1.41. The normalized spacial score (nSPS) is 15.5. The van der Waals surface area contributed by atoms with Crippen LogP contribution in [0.25, 0.3) is 11.1 Å². The van der Waals surface area contributed by atoms with Crippen molar-refractivity contribution in [2.24, 2.45) is 0 Å². The summed E-state index contributed by atoms with van der Waals surface area (Å²) in [6, 6.07) is 16.7. The Morgan fingerprint density at radius 2 is 1.61 bits per heavy atom. The highest BCUT2D eigenvalue weighted by Gasteiger charge is 2.20. The van der Waals surface area contributed by atoms with Gasteiger partial charge < -0.3 is 9.47 Å². The molecule has 0 atom stereocenters. The lowest BCUT2D eigenvalue weighted by Gasteiger charge is -2.32. The molecule has 0 unspecified atom stereocenters. The van der Waals surface area contributed by atoms with Gasteiger partial charge in [0.1, 0.15) is 30.0 Å². The molecule has 0 spiro atoms. The van der Waals surface area contributed by atoms with Crippen LogP contribution in [0.2, 0.25) is 0 Å². The van der Waals surface area contributed by atoms with Gasteiger partial charge in [-0.25, -0.2) is 4.39 Å². The van der Waals surface area contributed by atoms with Gasteiger partial charge >= 0.3 is 0 Å². The lowest BCUT2D eigenvalue weighted by atomic mass is 10.1. The van der Waals surface area contributed by atoms with Crippen molar-refractivity contribution in [2.45, 2.75) is 18.9 Å². The summed E-state index contributed by atoms with van der Waals surface area (Å²) in [4.78, 5) is 2.39. The van der Waals surface area contributed by atoms with Crippen molar-refractivity contribution < 1.29 is 13.9 Å². The Morgan fingerprint density at radius 1 is 0.893 bits per heavy atom. The largest absolute Gasteiger partial charge is 0.492 e. The molecule has 1 aromatic heterocycles.